The highest BCUT2D eigenvalue weighted by atomic mass is 19.4. The van der Waals surface area contributed by atoms with Crippen LogP contribution in [0.5, 0.6) is 11.5 Å². The second kappa shape index (κ2) is 8.19. The first-order valence-electron chi connectivity index (χ1n) is 7.64. The van der Waals surface area contributed by atoms with E-state index in [0.29, 0.717) is 18.1 Å². The minimum absolute atomic E-state index is 0.0223. The van der Waals surface area contributed by atoms with Crippen LogP contribution in [0.1, 0.15) is 24.1 Å². The molecule has 0 amide bonds. The van der Waals surface area contributed by atoms with E-state index in [0.717, 1.165) is 10.2 Å². The number of ether oxygens (including phenoxy) is 3. The topological polar surface area (TPSA) is 58.4 Å². The average molecular weight is 359 g/mol. The van der Waals surface area contributed by atoms with Crippen LogP contribution in [0.15, 0.2) is 18.2 Å². The lowest BCUT2D eigenvalue weighted by molar-refractivity contribution is -0.143. The summed E-state index contributed by atoms with van der Waals surface area (Å²) in [6.07, 6.45) is -4.11. The van der Waals surface area contributed by atoms with Crippen molar-refractivity contribution in [1.29, 1.82) is 0 Å². The number of hydrogen-bond acceptors (Lipinski definition) is 5. The molecule has 0 spiro atoms. The summed E-state index contributed by atoms with van der Waals surface area (Å²) in [5.41, 5.74) is 0.796. The number of methoxy groups -OCH3 is 2. The first-order valence-corrected chi connectivity index (χ1v) is 7.64. The van der Waals surface area contributed by atoms with Crippen LogP contribution in [0, 0.1) is 0 Å². The number of halogens is 3. The quantitative estimate of drug-likeness (QED) is 0.725. The van der Waals surface area contributed by atoms with Crippen molar-refractivity contribution in [2.45, 2.75) is 32.7 Å². The molecule has 25 heavy (non-hydrogen) atoms. The minimum Gasteiger partial charge on any atom is -0.493 e. The maximum Gasteiger partial charge on any atom is 0.408 e. The standard InChI is InChI=1S/C16H20F3N3O3/c1-4-25-9-15-20-14(21-22(15)10-16(17,18)19)8-11-5-6-12(23-2)13(7-11)24-3/h5-7H,4,8-10H2,1-3H3. The molecule has 0 saturated heterocycles. The highest BCUT2D eigenvalue weighted by Crippen LogP contribution is 2.28. The predicted octanol–water partition coefficient (Wildman–Crippen LogP) is 2.98. The van der Waals surface area contributed by atoms with E-state index < -0.39 is 12.7 Å². The molecule has 6 nitrogen and oxygen atoms in total. The third-order valence-corrected chi connectivity index (χ3v) is 3.37. The smallest absolute Gasteiger partial charge is 0.408 e. The first kappa shape index (κ1) is 19.0. The molecule has 1 aromatic carbocycles. The number of nitrogens with zero attached hydrogens (tertiary/aromatic N) is 3. The summed E-state index contributed by atoms with van der Waals surface area (Å²) in [5.74, 6) is 1.53. The molecule has 0 saturated carbocycles. The van der Waals surface area contributed by atoms with Gasteiger partial charge in [-0.1, -0.05) is 6.07 Å². The monoisotopic (exact) mass is 359 g/mol. The van der Waals surface area contributed by atoms with E-state index in [9.17, 15) is 13.2 Å². The summed E-state index contributed by atoms with van der Waals surface area (Å²) in [4.78, 5) is 4.18. The van der Waals surface area contributed by atoms with Gasteiger partial charge in [0.1, 0.15) is 13.2 Å². The zero-order valence-electron chi connectivity index (χ0n) is 14.3. The van der Waals surface area contributed by atoms with Crippen LogP contribution in [0.4, 0.5) is 13.2 Å². The molecule has 0 aliphatic carbocycles. The third kappa shape index (κ3) is 5.35. The Bertz CT molecular complexity index is 702. The van der Waals surface area contributed by atoms with E-state index in [-0.39, 0.29) is 24.7 Å². The maximum absolute atomic E-state index is 12.7. The molecule has 0 fully saturated rings. The molecule has 138 valence electrons. The van der Waals surface area contributed by atoms with Crippen molar-refractivity contribution in [3.05, 3.63) is 35.4 Å². The predicted molar refractivity (Wildman–Crippen MR) is 83.8 cm³/mol. The Labute approximate surface area is 143 Å². The van der Waals surface area contributed by atoms with Crippen molar-refractivity contribution in [2.75, 3.05) is 20.8 Å². The van der Waals surface area contributed by atoms with Gasteiger partial charge in [-0.25, -0.2) is 9.67 Å². The second-order valence-electron chi connectivity index (χ2n) is 5.22. The lowest BCUT2D eigenvalue weighted by Crippen LogP contribution is -2.21. The molecule has 0 bridgehead atoms. The van der Waals surface area contributed by atoms with Crippen molar-refractivity contribution < 1.29 is 27.4 Å². The van der Waals surface area contributed by atoms with Gasteiger partial charge in [0.15, 0.2) is 23.1 Å². The van der Waals surface area contributed by atoms with Crippen LogP contribution in [0.2, 0.25) is 0 Å². The lowest BCUT2D eigenvalue weighted by Gasteiger charge is -2.09. The Balaban J connectivity index is 2.24. The molecule has 0 radical (unpaired) electrons. The van der Waals surface area contributed by atoms with Gasteiger partial charge in [0.2, 0.25) is 0 Å². The minimum atomic E-state index is -4.38. The number of alkyl halides is 3. The van der Waals surface area contributed by atoms with E-state index in [4.69, 9.17) is 14.2 Å². The van der Waals surface area contributed by atoms with Gasteiger partial charge in [-0.05, 0) is 24.6 Å². The van der Waals surface area contributed by atoms with Gasteiger partial charge in [0.05, 0.1) is 14.2 Å². The lowest BCUT2D eigenvalue weighted by atomic mass is 10.1. The molecule has 1 aromatic heterocycles. The summed E-state index contributed by atoms with van der Waals surface area (Å²) in [6, 6.07) is 5.25. The Morgan fingerprint density at radius 1 is 1.12 bits per heavy atom. The summed E-state index contributed by atoms with van der Waals surface area (Å²) in [7, 11) is 3.04. The molecule has 1 heterocycles. The molecule has 9 heteroatoms. The van der Waals surface area contributed by atoms with Crippen molar-refractivity contribution in [2.24, 2.45) is 0 Å². The first-order chi connectivity index (χ1) is 11.9. The van der Waals surface area contributed by atoms with Gasteiger partial charge in [-0.15, -0.1) is 0 Å². The fraction of sp³-hybridized carbons (Fsp3) is 0.500. The van der Waals surface area contributed by atoms with Gasteiger partial charge in [-0.3, -0.25) is 0 Å². The van der Waals surface area contributed by atoms with Crippen LogP contribution in [-0.4, -0.2) is 41.8 Å². The Kier molecular flexibility index (Phi) is 6.24. The zero-order valence-corrected chi connectivity index (χ0v) is 14.3. The van der Waals surface area contributed by atoms with Crippen LogP contribution in [0.3, 0.4) is 0 Å². The molecule has 0 atom stereocenters. The summed E-state index contributed by atoms with van der Waals surface area (Å²) in [6.45, 7) is 0.915. The van der Waals surface area contributed by atoms with Gasteiger partial charge < -0.3 is 14.2 Å². The molecular weight excluding hydrogens is 339 g/mol. The SMILES string of the molecule is CCOCc1nc(Cc2ccc(OC)c(OC)c2)nn1CC(F)(F)F. The van der Waals surface area contributed by atoms with Gasteiger partial charge in [-0.2, -0.15) is 18.3 Å². The summed E-state index contributed by atoms with van der Waals surface area (Å²) in [5, 5.41) is 3.98. The molecular formula is C16H20F3N3O3. The van der Waals surface area contributed by atoms with E-state index in [1.165, 1.54) is 14.2 Å². The molecule has 2 rings (SSSR count). The molecule has 0 unspecified atom stereocenters. The van der Waals surface area contributed by atoms with Crippen molar-refractivity contribution in [1.82, 2.24) is 14.8 Å². The highest BCUT2D eigenvalue weighted by molar-refractivity contribution is 5.43. The van der Waals surface area contributed by atoms with E-state index in [1.54, 1.807) is 25.1 Å². The van der Waals surface area contributed by atoms with Crippen LogP contribution >= 0.6 is 0 Å². The van der Waals surface area contributed by atoms with E-state index in [1.807, 2.05) is 0 Å². The van der Waals surface area contributed by atoms with E-state index in [2.05, 4.69) is 10.1 Å². The van der Waals surface area contributed by atoms with Crippen LogP contribution in [0.25, 0.3) is 0 Å². The zero-order chi connectivity index (χ0) is 18.4. The van der Waals surface area contributed by atoms with E-state index >= 15 is 0 Å². The fourth-order valence-corrected chi connectivity index (χ4v) is 2.27. The molecule has 0 aliphatic rings. The summed E-state index contributed by atoms with van der Waals surface area (Å²) >= 11 is 0. The van der Waals surface area contributed by atoms with Gasteiger partial charge >= 0.3 is 6.18 Å². The number of hydrogen-bond donors (Lipinski definition) is 0. The van der Waals surface area contributed by atoms with Crippen LogP contribution in [-0.2, 0) is 24.3 Å². The number of benzene rings is 1. The average Bonchev–Trinajstić information content (AvgIpc) is 2.92. The Morgan fingerprint density at radius 2 is 1.84 bits per heavy atom. The van der Waals surface area contributed by atoms with Gasteiger partial charge in [0.25, 0.3) is 0 Å². The van der Waals surface area contributed by atoms with Crippen LogP contribution < -0.4 is 9.47 Å². The van der Waals surface area contributed by atoms with Gasteiger partial charge in [0, 0.05) is 13.0 Å². The molecule has 0 N–H and O–H groups in total. The normalized spacial score (nSPS) is 11.6. The highest BCUT2D eigenvalue weighted by Gasteiger charge is 2.30. The largest absolute Gasteiger partial charge is 0.493 e. The summed E-state index contributed by atoms with van der Waals surface area (Å²) < 4.78 is 54.5. The van der Waals surface area contributed by atoms with Crippen molar-refractivity contribution >= 4 is 0 Å². The van der Waals surface area contributed by atoms with Crippen molar-refractivity contribution in [3.63, 3.8) is 0 Å². The van der Waals surface area contributed by atoms with Crippen molar-refractivity contribution in [3.8, 4) is 11.5 Å². The second-order valence-corrected chi connectivity index (χ2v) is 5.22. The third-order valence-electron chi connectivity index (χ3n) is 3.37. The number of rotatable bonds is 8. The fourth-order valence-electron chi connectivity index (χ4n) is 2.27. The molecule has 0 aliphatic heterocycles. The molecule has 2 aromatic rings. The number of aromatic nitrogens is 3. The maximum atomic E-state index is 12.7. The Hall–Kier alpha value is -2.29. The Morgan fingerprint density at radius 3 is 2.44 bits per heavy atom.